The van der Waals surface area contributed by atoms with Crippen LogP contribution in [0, 0.1) is 0 Å². The molecule has 6 N–H and O–H groups in total. The van der Waals surface area contributed by atoms with Crippen molar-refractivity contribution in [3.63, 3.8) is 0 Å². The number of nitrogens with two attached hydrogens (primary N) is 3. The number of rotatable bonds is 2. The molecule has 0 saturated carbocycles. The molecule has 0 spiro atoms. The Labute approximate surface area is 103 Å². The molecule has 0 saturated heterocycles. The molecule has 0 aliphatic carbocycles. The third-order valence-electron chi connectivity index (χ3n) is 2.02. The number of nitrogens with zero attached hydrogens (tertiary/aromatic N) is 5. The summed E-state index contributed by atoms with van der Waals surface area (Å²) in [5.74, 6) is -0.126. The second-order valence-corrected chi connectivity index (χ2v) is 3.36. The van der Waals surface area contributed by atoms with Crippen molar-refractivity contribution in [2.75, 3.05) is 0 Å². The van der Waals surface area contributed by atoms with Crippen LogP contribution in [0.15, 0.2) is 46.9 Å². The van der Waals surface area contributed by atoms with E-state index in [2.05, 4.69) is 20.1 Å². The first-order chi connectivity index (χ1) is 8.65. The first-order valence-corrected chi connectivity index (χ1v) is 5.04. The molecule has 1 aromatic carbocycles. The molecule has 2 aromatic rings. The highest BCUT2D eigenvalue weighted by molar-refractivity contribution is 5.93. The smallest absolute Gasteiger partial charge is 0.223 e. The van der Waals surface area contributed by atoms with Gasteiger partial charge in [0.15, 0.2) is 5.96 Å². The summed E-state index contributed by atoms with van der Waals surface area (Å²) in [6, 6.07) is 7.20. The van der Waals surface area contributed by atoms with Crippen LogP contribution < -0.4 is 17.2 Å². The minimum Gasteiger partial charge on any atom is -0.370 e. The molecule has 18 heavy (non-hydrogen) atoms. The number of aliphatic imine (C=N–C) groups is 2. The van der Waals surface area contributed by atoms with Gasteiger partial charge in [-0.05, 0) is 24.3 Å². The molecule has 8 heteroatoms. The van der Waals surface area contributed by atoms with Crippen molar-refractivity contribution >= 4 is 17.6 Å². The molecule has 8 nitrogen and oxygen atoms in total. The van der Waals surface area contributed by atoms with Crippen molar-refractivity contribution in [2.24, 2.45) is 27.2 Å². The van der Waals surface area contributed by atoms with Gasteiger partial charge in [-0.25, -0.2) is 14.7 Å². The number of hydrogen-bond donors (Lipinski definition) is 3. The quantitative estimate of drug-likeness (QED) is 0.483. The summed E-state index contributed by atoms with van der Waals surface area (Å²) in [6.45, 7) is 0. The Bertz CT molecular complexity index is 562. The van der Waals surface area contributed by atoms with Crippen molar-refractivity contribution in [1.82, 2.24) is 14.8 Å². The number of benzene rings is 1. The Morgan fingerprint density at radius 2 is 1.83 bits per heavy atom. The third-order valence-corrected chi connectivity index (χ3v) is 2.02. The Morgan fingerprint density at radius 1 is 1.11 bits per heavy atom. The van der Waals surface area contributed by atoms with Crippen molar-refractivity contribution < 1.29 is 0 Å². The van der Waals surface area contributed by atoms with E-state index in [0.717, 1.165) is 5.69 Å². The van der Waals surface area contributed by atoms with Gasteiger partial charge in [-0.15, -0.1) is 0 Å². The molecule has 0 amide bonds. The van der Waals surface area contributed by atoms with Crippen molar-refractivity contribution in [1.29, 1.82) is 0 Å². The maximum absolute atomic E-state index is 5.51. The zero-order valence-electron chi connectivity index (χ0n) is 9.43. The highest BCUT2D eigenvalue weighted by atomic mass is 15.3. The lowest BCUT2D eigenvalue weighted by atomic mass is 10.3. The Balaban J connectivity index is 2.21. The van der Waals surface area contributed by atoms with Gasteiger partial charge < -0.3 is 17.2 Å². The molecule has 0 unspecified atom stereocenters. The monoisotopic (exact) mass is 244 g/mol. The highest BCUT2D eigenvalue weighted by Gasteiger charge is 1.97. The van der Waals surface area contributed by atoms with Gasteiger partial charge in [0.25, 0.3) is 0 Å². The molecule has 0 radical (unpaired) electrons. The zero-order valence-corrected chi connectivity index (χ0v) is 9.43. The molecule has 0 bridgehead atoms. The summed E-state index contributed by atoms with van der Waals surface area (Å²) in [7, 11) is 0. The molecule has 0 fully saturated rings. The Hall–Kier alpha value is -2.90. The van der Waals surface area contributed by atoms with Gasteiger partial charge in [0.1, 0.15) is 12.7 Å². The molecule has 0 aliphatic heterocycles. The van der Waals surface area contributed by atoms with Crippen LogP contribution in [0.25, 0.3) is 5.69 Å². The SMILES string of the molecule is NC(N)=NC(N)=Nc1ccc(-n2cncn2)cc1. The summed E-state index contributed by atoms with van der Waals surface area (Å²) in [5.41, 5.74) is 17.4. The van der Waals surface area contributed by atoms with E-state index in [9.17, 15) is 0 Å². The van der Waals surface area contributed by atoms with Crippen LogP contribution in [0.1, 0.15) is 0 Å². The van der Waals surface area contributed by atoms with Gasteiger partial charge in [0.2, 0.25) is 5.96 Å². The fraction of sp³-hybridized carbons (Fsp3) is 0. The van der Waals surface area contributed by atoms with Crippen LogP contribution in [0.3, 0.4) is 0 Å². The number of aromatic nitrogens is 3. The predicted octanol–water partition coefficient (Wildman–Crippen LogP) is -0.513. The summed E-state index contributed by atoms with van der Waals surface area (Å²) in [6.07, 6.45) is 3.06. The van der Waals surface area contributed by atoms with E-state index in [-0.39, 0.29) is 11.9 Å². The van der Waals surface area contributed by atoms with Crippen LogP contribution >= 0.6 is 0 Å². The van der Waals surface area contributed by atoms with Crippen LogP contribution in [-0.2, 0) is 0 Å². The summed E-state index contributed by atoms with van der Waals surface area (Å²) in [5, 5.41) is 4.01. The molecular weight excluding hydrogens is 232 g/mol. The van der Waals surface area contributed by atoms with Gasteiger partial charge in [-0.2, -0.15) is 10.1 Å². The zero-order chi connectivity index (χ0) is 13.0. The predicted molar refractivity (Wildman–Crippen MR) is 68.5 cm³/mol. The van der Waals surface area contributed by atoms with E-state index in [1.54, 1.807) is 23.1 Å². The van der Waals surface area contributed by atoms with E-state index in [1.807, 2.05) is 12.1 Å². The third kappa shape index (κ3) is 2.82. The van der Waals surface area contributed by atoms with Crippen LogP contribution in [0.4, 0.5) is 5.69 Å². The summed E-state index contributed by atoms with van der Waals surface area (Å²) < 4.78 is 1.63. The van der Waals surface area contributed by atoms with E-state index in [4.69, 9.17) is 17.2 Å². The first kappa shape index (κ1) is 11.6. The number of hydrogen-bond acceptors (Lipinski definition) is 3. The average Bonchev–Trinajstić information content (AvgIpc) is 2.82. The lowest BCUT2D eigenvalue weighted by Crippen LogP contribution is -2.26. The van der Waals surface area contributed by atoms with Gasteiger partial charge >= 0.3 is 0 Å². The second kappa shape index (κ2) is 4.95. The average molecular weight is 244 g/mol. The largest absolute Gasteiger partial charge is 0.370 e. The molecule has 92 valence electrons. The topological polar surface area (TPSA) is 133 Å². The molecule has 2 rings (SSSR count). The second-order valence-electron chi connectivity index (χ2n) is 3.36. The maximum Gasteiger partial charge on any atom is 0.223 e. The minimum atomic E-state index is -0.129. The Morgan fingerprint density at radius 3 is 2.39 bits per heavy atom. The van der Waals surface area contributed by atoms with E-state index in [1.165, 1.54) is 6.33 Å². The van der Waals surface area contributed by atoms with E-state index in [0.29, 0.717) is 5.69 Å². The van der Waals surface area contributed by atoms with E-state index >= 15 is 0 Å². The molecular formula is C10H12N8. The maximum atomic E-state index is 5.51. The van der Waals surface area contributed by atoms with Crippen LogP contribution in [0.5, 0.6) is 0 Å². The van der Waals surface area contributed by atoms with Crippen molar-refractivity contribution in [2.45, 2.75) is 0 Å². The van der Waals surface area contributed by atoms with Crippen LogP contribution in [-0.4, -0.2) is 26.7 Å². The van der Waals surface area contributed by atoms with Gasteiger partial charge in [0.05, 0.1) is 11.4 Å². The summed E-state index contributed by atoms with van der Waals surface area (Å²) >= 11 is 0. The fourth-order valence-electron chi connectivity index (χ4n) is 1.31. The molecule has 1 aromatic heterocycles. The summed E-state index contributed by atoms with van der Waals surface area (Å²) in [4.78, 5) is 11.5. The van der Waals surface area contributed by atoms with Gasteiger partial charge in [0, 0.05) is 0 Å². The van der Waals surface area contributed by atoms with E-state index < -0.39 is 0 Å². The normalized spacial score (nSPS) is 11.2. The molecule has 0 atom stereocenters. The molecule has 1 heterocycles. The standard InChI is InChI=1S/C10H12N8/c11-9(12)17-10(13)16-7-1-3-8(4-2-7)18-6-14-5-15-18/h1-6H,(H6,11,12,13,16,17). The number of guanidine groups is 2. The van der Waals surface area contributed by atoms with Crippen LogP contribution in [0.2, 0.25) is 0 Å². The van der Waals surface area contributed by atoms with Gasteiger partial charge in [-0.1, -0.05) is 0 Å². The minimum absolute atomic E-state index is 0.00325. The lowest BCUT2D eigenvalue weighted by molar-refractivity contribution is 0.879. The molecule has 0 aliphatic rings. The van der Waals surface area contributed by atoms with Gasteiger partial charge in [-0.3, -0.25) is 0 Å². The Kier molecular flexibility index (Phi) is 3.19. The van der Waals surface area contributed by atoms with Crippen molar-refractivity contribution in [3.05, 3.63) is 36.9 Å². The highest BCUT2D eigenvalue weighted by Crippen LogP contribution is 2.14. The van der Waals surface area contributed by atoms with Crippen molar-refractivity contribution in [3.8, 4) is 5.69 Å². The fourth-order valence-corrected chi connectivity index (χ4v) is 1.31. The first-order valence-electron chi connectivity index (χ1n) is 5.04. The lowest BCUT2D eigenvalue weighted by Gasteiger charge is -2.00.